The molecule has 0 aliphatic heterocycles. The maximum Gasteiger partial charge on any atom is 0.276 e. The highest BCUT2D eigenvalue weighted by Gasteiger charge is 2.24. The number of pyridine rings is 1. The molecule has 1 aliphatic rings. The van der Waals surface area contributed by atoms with E-state index in [1.165, 1.54) is 26.2 Å². The summed E-state index contributed by atoms with van der Waals surface area (Å²) in [5.74, 6) is 1.04. The molecular weight excluding hydrogens is 352 g/mol. The smallest absolute Gasteiger partial charge is 0.276 e. The Morgan fingerprint density at radius 1 is 0.964 bits per heavy atom. The van der Waals surface area contributed by atoms with E-state index in [4.69, 9.17) is 4.98 Å². The molecule has 0 atom stereocenters. The minimum Gasteiger partial charge on any atom is -0.326 e. The first-order valence-corrected chi connectivity index (χ1v) is 9.78. The lowest BCUT2D eigenvalue weighted by Gasteiger charge is -2.20. The fourth-order valence-corrected chi connectivity index (χ4v) is 3.91. The Morgan fingerprint density at radius 3 is 2.32 bits per heavy atom. The van der Waals surface area contributed by atoms with Crippen molar-refractivity contribution in [1.29, 1.82) is 0 Å². The molecule has 144 valence electrons. The number of hydrogen-bond acceptors (Lipinski definition) is 3. The maximum absolute atomic E-state index is 12.9. The molecule has 0 bridgehead atoms. The number of carbonyl (C=O) groups excluding carboxylic acids is 2. The summed E-state index contributed by atoms with van der Waals surface area (Å²) in [7, 11) is 0. The van der Waals surface area contributed by atoms with Gasteiger partial charge in [0.1, 0.15) is 5.82 Å². The number of imidazole rings is 1. The number of aromatic nitrogens is 2. The van der Waals surface area contributed by atoms with E-state index in [0.717, 1.165) is 24.2 Å². The Hall–Kier alpha value is -3.15. The molecule has 1 saturated carbocycles. The summed E-state index contributed by atoms with van der Waals surface area (Å²) in [6.07, 6.45) is 7.95. The lowest BCUT2D eigenvalue weighted by molar-refractivity contribution is -0.114. The van der Waals surface area contributed by atoms with Crippen molar-refractivity contribution >= 4 is 28.7 Å². The largest absolute Gasteiger partial charge is 0.326 e. The van der Waals surface area contributed by atoms with Crippen LogP contribution in [0.4, 0.5) is 11.4 Å². The van der Waals surface area contributed by atoms with Gasteiger partial charge in [0, 0.05) is 30.4 Å². The number of benzene rings is 1. The minimum atomic E-state index is -0.224. The van der Waals surface area contributed by atoms with Crippen LogP contribution in [0.15, 0.2) is 48.7 Å². The van der Waals surface area contributed by atoms with Crippen LogP contribution in [0.5, 0.6) is 0 Å². The van der Waals surface area contributed by atoms with Gasteiger partial charge in [0.05, 0.1) is 5.52 Å². The van der Waals surface area contributed by atoms with E-state index in [1.54, 1.807) is 24.3 Å². The fourth-order valence-electron chi connectivity index (χ4n) is 3.91. The summed E-state index contributed by atoms with van der Waals surface area (Å²) < 4.78 is 2.06. The highest BCUT2D eigenvalue weighted by Crippen LogP contribution is 2.33. The summed E-state index contributed by atoms with van der Waals surface area (Å²) >= 11 is 0. The van der Waals surface area contributed by atoms with Gasteiger partial charge in [0.15, 0.2) is 5.69 Å². The molecule has 2 N–H and O–H groups in total. The van der Waals surface area contributed by atoms with Crippen LogP contribution >= 0.6 is 0 Å². The Kier molecular flexibility index (Phi) is 5.10. The second-order valence-corrected chi connectivity index (χ2v) is 7.32. The monoisotopic (exact) mass is 376 g/mol. The van der Waals surface area contributed by atoms with E-state index < -0.39 is 0 Å². The van der Waals surface area contributed by atoms with Gasteiger partial charge in [0.2, 0.25) is 5.91 Å². The molecule has 3 aromatic rings. The predicted molar refractivity (Wildman–Crippen MR) is 110 cm³/mol. The van der Waals surface area contributed by atoms with E-state index in [9.17, 15) is 9.59 Å². The van der Waals surface area contributed by atoms with Crippen LogP contribution in [0.2, 0.25) is 0 Å². The second-order valence-electron chi connectivity index (χ2n) is 7.32. The third-order valence-electron chi connectivity index (χ3n) is 5.22. The zero-order valence-electron chi connectivity index (χ0n) is 15.9. The second kappa shape index (κ2) is 7.84. The number of nitrogens with one attached hydrogen (secondary N) is 2. The van der Waals surface area contributed by atoms with E-state index in [1.807, 2.05) is 24.4 Å². The van der Waals surface area contributed by atoms with Crippen molar-refractivity contribution in [2.75, 3.05) is 10.6 Å². The van der Waals surface area contributed by atoms with Gasteiger partial charge < -0.3 is 15.0 Å². The number of hydrogen-bond donors (Lipinski definition) is 2. The normalized spacial score (nSPS) is 14.8. The number of nitrogens with zero attached hydrogens (tertiary/aromatic N) is 2. The zero-order chi connectivity index (χ0) is 19.5. The Bertz CT molecular complexity index is 1000. The quantitative estimate of drug-likeness (QED) is 0.699. The number of rotatable bonds is 4. The van der Waals surface area contributed by atoms with Crippen LogP contribution in [-0.4, -0.2) is 21.2 Å². The first kappa shape index (κ1) is 18.2. The lowest BCUT2D eigenvalue weighted by atomic mass is 9.89. The number of carbonyl (C=O) groups is 2. The molecule has 6 nitrogen and oxygen atoms in total. The van der Waals surface area contributed by atoms with E-state index in [-0.39, 0.29) is 11.8 Å². The average molecular weight is 376 g/mol. The standard InChI is InChI=1S/C22H24N4O2/c1-15(27)23-17-10-12-18(13-11-17)24-22(28)20-19-9-5-6-14-26(19)21(25-20)16-7-3-2-4-8-16/h5-6,9-14,16H,2-4,7-8H2,1H3,(H,23,27)(H,24,28). The maximum atomic E-state index is 12.9. The molecule has 4 rings (SSSR count). The Morgan fingerprint density at radius 2 is 1.64 bits per heavy atom. The molecule has 0 unspecified atom stereocenters. The van der Waals surface area contributed by atoms with Crippen LogP contribution in [0.3, 0.4) is 0 Å². The van der Waals surface area contributed by atoms with Crippen LogP contribution in [-0.2, 0) is 4.79 Å². The summed E-state index contributed by atoms with van der Waals surface area (Å²) in [6, 6.07) is 12.9. The molecule has 1 aromatic carbocycles. The number of anilines is 2. The van der Waals surface area contributed by atoms with Crippen LogP contribution < -0.4 is 10.6 Å². The number of amides is 2. The van der Waals surface area contributed by atoms with Crippen molar-refractivity contribution in [1.82, 2.24) is 9.38 Å². The fraction of sp³-hybridized carbons (Fsp3) is 0.318. The van der Waals surface area contributed by atoms with Crippen LogP contribution in [0.25, 0.3) is 5.52 Å². The Labute approximate surface area is 164 Å². The van der Waals surface area contributed by atoms with E-state index in [0.29, 0.717) is 23.0 Å². The van der Waals surface area contributed by atoms with Crippen LogP contribution in [0, 0.1) is 0 Å². The predicted octanol–water partition coefficient (Wildman–Crippen LogP) is 4.59. The van der Waals surface area contributed by atoms with Crippen molar-refractivity contribution in [3.8, 4) is 0 Å². The molecule has 2 aromatic heterocycles. The van der Waals surface area contributed by atoms with Crippen molar-refractivity contribution in [2.45, 2.75) is 44.9 Å². The Balaban J connectivity index is 1.59. The summed E-state index contributed by atoms with van der Waals surface area (Å²) in [5.41, 5.74) is 2.63. The van der Waals surface area contributed by atoms with Crippen LogP contribution in [0.1, 0.15) is 61.3 Å². The van der Waals surface area contributed by atoms with E-state index in [2.05, 4.69) is 15.0 Å². The molecule has 2 amide bonds. The molecule has 28 heavy (non-hydrogen) atoms. The van der Waals surface area contributed by atoms with Crippen molar-refractivity contribution in [2.24, 2.45) is 0 Å². The summed E-state index contributed by atoms with van der Waals surface area (Å²) in [4.78, 5) is 28.8. The van der Waals surface area contributed by atoms with Gasteiger partial charge in [-0.15, -0.1) is 0 Å². The van der Waals surface area contributed by atoms with Gasteiger partial charge in [-0.1, -0.05) is 25.3 Å². The SMILES string of the molecule is CC(=O)Nc1ccc(NC(=O)c2nc(C3CCCCC3)n3ccccc23)cc1. The molecule has 1 aliphatic carbocycles. The highest BCUT2D eigenvalue weighted by molar-refractivity contribution is 6.07. The molecular formula is C22H24N4O2. The van der Waals surface area contributed by atoms with Gasteiger partial charge in [-0.2, -0.15) is 0 Å². The van der Waals surface area contributed by atoms with Gasteiger partial charge in [0.25, 0.3) is 5.91 Å². The van der Waals surface area contributed by atoms with Gasteiger partial charge in [-0.05, 0) is 49.2 Å². The van der Waals surface area contributed by atoms with Crippen molar-refractivity contribution < 1.29 is 9.59 Å². The highest BCUT2D eigenvalue weighted by atomic mass is 16.2. The molecule has 2 heterocycles. The van der Waals surface area contributed by atoms with Crippen molar-refractivity contribution in [3.63, 3.8) is 0 Å². The molecule has 6 heteroatoms. The zero-order valence-corrected chi connectivity index (χ0v) is 15.9. The van der Waals surface area contributed by atoms with Gasteiger partial charge >= 0.3 is 0 Å². The average Bonchev–Trinajstić information content (AvgIpc) is 3.10. The summed E-state index contributed by atoms with van der Waals surface area (Å²) in [6.45, 7) is 1.46. The molecule has 0 radical (unpaired) electrons. The molecule has 1 fully saturated rings. The number of fused-ring (bicyclic) bond motifs is 1. The lowest BCUT2D eigenvalue weighted by Crippen LogP contribution is -2.13. The first-order valence-electron chi connectivity index (χ1n) is 9.78. The first-order chi connectivity index (χ1) is 13.6. The van der Waals surface area contributed by atoms with Gasteiger partial charge in [-0.25, -0.2) is 4.98 Å². The molecule has 0 saturated heterocycles. The minimum absolute atomic E-state index is 0.128. The third-order valence-corrected chi connectivity index (χ3v) is 5.22. The van der Waals surface area contributed by atoms with E-state index >= 15 is 0 Å². The summed E-state index contributed by atoms with van der Waals surface area (Å²) in [5, 5.41) is 5.63. The van der Waals surface area contributed by atoms with Gasteiger partial charge in [-0.3, -0.25) is 9.59 Å². The molecule has 0 spiro atoms. The van der Waals surface area contributed by atoms with Crippen molar-refractivity contribution in [3.05, 3.63) is 60.2 Å². The topological polar surface area (TPSA) is 75.5 Å². The third kappa shape index (κ3) is 3.76.